The highest BCUT2D eigenvalue weighted by Crippen LogP contribution is 2.26. The number of nitrogens with two attached hydrogens (primary N) is 1. The molecule has 0 aliphatic carbocycles. The summed E-state index contributed by atoms with van der Waals surface area (Å²) in [5.41, 5.74) is 6.69. The van der Waals surface area contributed by atoms with Gasteiger partial charge in [0.1, 0.15) is 5.82 Å². The van der Waals surface area contributed by atoms with Gasteiger partial charge in [0, 0.05) is 24.5 Å². The van der Waals surface area contributed by atoms with Gasteiger partial charge in [0.25, 0.3) is 0 Å². The standard InChI is InChI=1S/C11H14ClFN2O/c1-6-3-8(12)7(4-9(6)13)10(14)5-11(16)15-2/h3-4,10H,5,14H2,1-2H3,(H,15,16). The van der Waals surface area contributed by atoms with Crippen molar-refractivity contribution < 1.29 is 9.18 Å². The summed E-state index contributed by atoms with van der Waals surface area (Å²) in [7, 11) is 1.52. The Morgan fingerprint density at radius 2 is 2.25 bits per heavy atom. The van der Waals surface area contributed by atoms with Crippen molar-refractivity contribution in [3.8, 4) is 0 Å². The van der Waals surface area contributed by atoms with Crippen LogP contribution < -0.4 is 11.1 Å². The van der Waals surface area contributed by atoms with E-state index in [1.54, 1.807) is 6.92 Å². The number of carbonyl (C=O) groups is 1. The van der Waals surface area contributed by atoms with Gasteiger partial charge in [-0.3, -0.25) is 4.79 Å². The summed E-state index contributed by atoms with van der Waals surface area (Å²) in [6.45, 7) is 1.62. The smallest absolute Gasteiger partial charge is 0.221 e. The number of hydrogen-bond donors (Lipinski definition) is 2. The van der Waals surface area contributed by atoms with Crippen LogP contribution in [0.15, 0.2) is 12.1 Å². The van der Waals surface area contributed by atoms with E-state index in [0.29, 0.717) is 16.1 Å². The van der Waals surface area contributed by atoms with E-state index < -0.39 is 6.04 Å². The number of nitrogens with one attached hydrogen (secondary N) is 1. The topological polar surface area (TPSA) is 55.1 Å². The van der Waals surface area contributed by atoms with Crippen molar-refractivity contribution in [2.24, 2.45) is 5.73 Å². The summed E-state index contributed by atoms with van der Waals surface area (Å²) >= 11 is 5.94. The molecule has 1 rings (SSSR count). The molecule has 1 unspecified atom stereocenters. The van der Waals surface area contributed by atoms with Crippen molar-refractivity contribution >= 4 is 17.5 Å². The van der Waals surface area contributed by atoms with Gasteiger partial charge >= 0.3 is 0 Å². The zero-order valence-corrected chi connectivity index (χ0v) is 9.94. The van der Waals surface area contributed by atoms with Crippen LogP contribution in [0.3, 0.4) is 0 Å². The van der Waals surface area contributed by atoms with E-state index >= 15 is 0 Å². The average molecular weight is 245 g/mol. The second-order valence-electron chi connectivity index (χ2n) is 3.61. The summed E-state index contributed by atoms with van der Waals surface area (Å²) < 4.78 is 13.3. The van der Waals surface area contributed by atoms with E-state index in [2.05, 4.69) is 5.32 Å². The maximum absolute atomic E-state index is 13.3. The van der Waals surface area contributed by atoms with Crippen LogP contribution in [0.4, 0.5) is 4.39 Å². The third kappa shape index (κ3) is 2.93. The predicted octanol–water partition coefficient (Wildman–Crippen LogP) is 1.92. The Hall–Kier alpha value is -1.13. The molecule has 0 saturated carbocycles. The Balaban J connectivity index is 2.95. The quantitative estimate of drug-likeness (QED) is 0.854. The average Bonchev–Trinajstić information content (AvgIpc) is 2.23. The fourth-order valence-electron chi connectivity index (χ4n) is 1.36. The molecule has 0 heterocycles. The number of aryl methyl sites for hydroxylation is 1. The Labute approximate surface area is 98.8 Å². The van der Waals surface area contributed by atoms with Crippen molar-refractivity contribution in [2.75, 3.05) is 7.05 Å². The molecule has 0 saturated heterocycles. The molecule has 5 heteroatoms. The molecule has 1 atom stereocenters. The van der Waals surface area contributed by atoms with Gasteiger partial charge in [0.2, 0.25) is 5.91 Å². The first-order valence-electron chi connectivity index (χ1n) is 4.87. The molecule has 1 amide bonds. The first-order valence-corrected chi connectivity index (χ1v) is 5.25. The fraction of sp³-hybridized carbons (Fsp3) is 0.364. The normalized spacial score (nSPS) is 12.3. The Morgan fingerprint density at radius 3 is 2.81 bits per heavy atom. The van der Waals surface area contributed by atoms with Crippen LogP contribution in [0.1, 0.15) is 23.6 Å². The Kier molecular flexibility index (Phi) is 4.26. The molecule has 3 N–H and O–H groups in total. The van der Waals surface area contributed by atoms with E-state index in [9.17, 15) is 9.18 Å². The highest BCUT2D eigenvalue weighted by atomic mass is 35.5. The van der Waals surface area contributed by atoms with E-state index in [1.807, 2.05) is 0 Å². The number of rotatable bonds is 3. The summed E-state index contributed by atoms with van der Waals surface area (Å²) in [5, 5.41) is 2.84. The second-order valence-corrected chi connectivity index (χ2v) is 4.01. The maximum Gasteiger partial charge on any atom is 0.221 e. The van der Waals surface area contributed by atoms with E-state index in [0.717, 1.165) is 0 Å². The van der Waals surface area contributed by atoms with Crippen LogP contribution >= 0.6 is 11.6 Å². The second kappa shape index (κ2) is 5.27. The molecule has 16 heavy (non-hydrogen) atoms. The van der Waals surface area contributed by atoms with Gasteiger partial charge in [-0.15, -0.1) is 0 Å². The van der Waals surface area contributed by atoms with Crippen molar-refractivity contribution in [2.45, 2.75) is 19.4 Å². The molecule has 3 nitrogen and oxygen atoms in total. The summed E-state index contributed by atoms with van der Waals surface area (Å²) in [5.74, 6) is -0.573. The van der Waals surface area contributed by atoms with Gasteiger partial charge in [0.15, 0.2) is 0 Å². The minimum Gasteiger partial charge on any atom is -0.359 e. The first kappa shape index (κ1) is 12.9. The van der Waals surface area contributed by atoms with Crippen LogP contribution in [0.2, 0.25) is 5.02 Å². The lowest BCUT2D eigenvalue weighted by atomic mass is 10.0. The third-order valence-corrected chi connectivity index (χ3v) is 2.69. The molecule has 0 spiro atoms. The summed E-state index contributed by atoms with van der Waals surface area (Å²) in [6, 6.07) is 2.20. The van der Waals surface area contributed by atoms with Gasteiger partial charge in [-0.25, -0.2) is 4.39 Å². The molecular weight excluding hydrogens is 231 g/mol. The van der Waals surface area contributed by atoms with Crippen LogP contribution in [-0.4, -0.2) is 13.0 Å². The molecule has 88 valence electrons. The van der Waals surface area contributed by atoms with E-state index in [-0.39, 0.29) is 18.1 Å². The number of hydrogen-bond acceptors (Lipinski definition) is 2. The first-order chi connectivity index (χ1) is 7.45. The maximum atomic E-state index is 13.3. The van der Waals surface area contributed by atoms with Crippen molar-refractivity contribution in [1.29, 1.82) is 0 Å². The zero-order chi connectivity index (χ0) is 12.3. The van der Waals surface area contributed by atoms with Gasteiger partial charge in [-0.1, -0.05) is 11.6 Å². The van der Waals surface area contributed by atoms with E-state index in [4.69, 9.17) is 17.3 Å². The molecule has 0 fully saturated rings. The molecule has 1 aromatic rings. The lowest BCUT2D eigenvalue weighted by Gasteiger charge is -2.13. The monoisotopic (exact) mass is 244 g/mol. The van der Waals surface area contributed by atoms with Gasteiger partial charge in [-0.2, -0.15) is 0 Å². The third-order valence-electron chi connectivity index (χ3n) is 2.36. The van der Waals surface area contributed by atoms with Crippen LogP contribution in [0.25, 0.3) is 0 Å². The predicted molar refractivity (Wildman–Crippen MR) is 61.8 cm³/mol. The molecule has 0 aliphatic rings. The molecule has 0 radical (unpaired) electrons. The number of benzene rings is 1. The largest absolute Gasteiger partial charge is 0.359 e. The Morgan fingerprint density at radius 1 is 1.62 bits per heavy atom. The summed E-state index contributed by atoms with van der Waals surface area (Å²) in [4.78, 5) is 11.1. The molecule has 0 bridgehead atoms. The van der Waals surface area contributed by atoms with Crippen LogP contribution in [0.5, 0.6) is 0 Å². The van der Waals surface area contributed by atoms with Crippen molar-refractivity contribution in [3.05, 3.63) is 34.1 Å². The van der Waals surface area contributed by atoms with Crippen molar-refractivity contribution in [3.63, 3.8) is 0 Å². The lowest BCUT2D eigenvalue weighted by Crippen LogP contribution is -2.24. The lowest BCUT2D eigenvalue weighted by molar-refractivity contribution is -0.120. The van der Waals surface area contributed by atoms with Gasteiger partial charge in [0.05, 0.1) is 0 Å². The number of halogens is 2. The summed E-state index contributed by atoms with van der Waals surface area (Å²) in [6.07, 6.45) is 0.0821. The van der Waals surface area contributed by atoms with Gasteiger partial charge < -0.3 is 11.1 Å². The molecule has 1 aromatic carbocycles. The van der Waals surface area contributed by atoms with E-state index in [1.165, 1.54) is 19.2 Å². The SMILES string of the molecule is CNC(=O)CC(N)c1cc(F)c(C)cc1Cl. The molecule has 0 aromatic heterocycles. The van der Waals surface area contributed by atoms with Gasteiger partial charge in [-0.05, 0) is 30.2 Å². The zero-order valence-electron chi connectivity index (χ0n) is 9.18. The fourth-order valence-corrected chi connectivity index (χ4v) is 1.72. The Bertz CT molecular complexity index is 409. The van der Waals surface area contributed by atoms with Crippen molar-refractivity contribution in [1.82, 2.24) is 5.32 Å². The molecular formula is C11H14ClFN2O. The highest BCUT2D eigenvalue weighted by molar-refractivity contribution is 6.31. The van der Waals surface area contributed by atoms with Crippen LogP contribution in [-0.2, 0) is 4.79 Å². The van der Waals surface area contributed by atoms with Crippen LogP contribution in [0, 0.1) is 12.7 Å². The minimum absolute atomic E-state index is 0.0821. The minimum atomic E-state index is -0.595. The highest BCUT2D eigenvalue weighted by Gasteiger charge is 2.15. The molecule has 0 aliphatic heterocycles. The number of amides is 1. The number of carbonyl (C=O) groups excluding carboxylic acids is 1.